The van der Waals surface area contributed by atoms with Gasteiger partial charge in [-0.25, -0.2) is 4.98 Å². The van der Waals surface area contributed by atoms with Gasteiger partial charge < -0.3 is 9.30 Å². The van der Waals surface area contributed by atoms with Gasteiger partial charge in [0, 0.05) is 18.3 Å². The van der Waals surface area contributed by atoms with E-state index < -0.39 is 0 Å². The number of nitrogens with zero attached hydrogens (tertiary/aromatic N) is 3. The zero-order valence-electron chi connectivity index (χ0n) is 12.2. The van der Waals surface area contributed by atoms with Crippen LogP contribution in [0.25, 0.3) is 16.9 Å². The fraction of sp³-hybridized carbons (Fsp3) is 0.235. The summed E-state index contributed by atoms with van der Waals surface area (Å²) in [6.45, 7) is 2.97. The standard InChI is InChI=1S/C17H19N3/c1-13-9-10-20-15(12-19(2)3)17(18-16(20)11-13)14-7-5-4-6-8-14/h4-11H,12H2,1-3H3. The van der Waals surface area contributed by atoms with Crippen molar-refractivity contribution in [2.45, 2.75) is 13.5 Å². The van der Waals surface area contributed by atoms with Gasteiger partial charge >= 0.3 is 0 Å². The molecule has 0 unspecified atom stereocenters. The van der Waals surface area contributed by atoms with E-state index in [1.807, 2.05) is 6.07 Å². The molecule has 0 radical (unpaired) electrons. The fourth-order valence-corrected chi connectivity index (χ4v) is 2.48. The van der Waals surface area contributed by atoms with Crippen LogP contribution in [0.5, 0.6) is 0 Å². The summed E-state index contributed by atoms with van der Waals surface area (Å²) < 4.78 is 2.19. The molecule has 0 atom stereocenters. The van der Waals surface area contributed by atoms with Gasteiger partial charge in [0.05, 0.1) is 11.4 Å². The molecule has 0 aliphatic heterocycles. The second-order valence-electron chi connectivity index (χ2n) is 5.44. The van der Waals surface area contributed by atoms with Crippen LogP contribution in [-0.4, -0.2) is 28.4 Å². The number of aryl methyl sites for hydroxylation is 1. The van der Waals surface area contributed by atoms with Crippen molar-refractivity contribution in [3.05, 3.63) is 59.9 Å². The number of rotatable bonds is 3. The van der Waals surface area contributed by atoms with Gasteiger partial charge in [-0.05, 0) is 38.7 Å². The summed E-state index contributed by atoms with van der Waals surface area (Å²) in [4.78, 5) is 7.01. The maximum absolute atomic E-state index is 4.83. The minimum absolute atomic E-state index is 0.869. The van der Waals surface area contributed by atoms with Crippen LogP contribution >= 0.6 is 0 Å². The summed E-state index contributed by atoms with van der Waals surface area (Å²) in [5.74, 6) is 0. The highest BCUT2D eigenvalue weighted by Gasteiger charge is 2.14. The highest BCUT2D eigenvalue weighted by atomic mass is 15.1. The highest BCUT2D eigenvalue weighted by Crippen LogP contribution is 2.25. The van der Waals surface area contributed by atoms with Crippen molar-refractivity contribution in [1.82, 2.24) is 14.3 Å². The number of hydrogen-bond donors (Lipinski definition) is 0. The topological polar surface area (TPSA) is 20.5 Å². The monoisotopic (exact) mass is 265 g/mol. The van der Waals surface area contributed by atoms with E-state index in [0.717, 1.165) is 17.9 Å². The molecule has 2 heterocycles. The highest BCUT2D eigenvalue weighted by molar-refractivity contribution is 5.66. The molecule has 3 nitrogen and oxygen atoms in total. The Kier molecular flexibility index (Phi) is 3.28. The minimum atomic E-state index is 0.869. The maximum Gasteiger partial charge on any atom is 0.137 e. The third-order valence-electron chi connectivity index (χ3n) is 3.39. The Morgan fingerprint density at radius 3 is 2.55 bits per heavy atom. The molecule has 1 aromatic carbocycles. The van der Waals surface area contributed by atoms with Crippen molar-refractivity contribution < 1.29 is 0 Å². The van der Waals surface area contributed by atoms with Crippen molar-refractivity contribution in [1.29, 1.82) is 0 Å². The normalized spacial score (nSPS) is 11.4. The first-order valence-corrected chi connectivity index (χ1v) is 6.83. The zero-order valence-corrected chi connectivity index (χ0v) is 12.2. The van der Waals surface area contributed by atoms with E-state index >= 15 is 0 Å². The Morgan fingerprint density at radius 2 is 1.85 bits per heavy atom. The van der Waals surface area contributed by atoms with E-state index in [-0.39, 0.29) is 0 Å². The van der Waals surface area contributed by atoms with Crippen LogP contribution in [0.4, 0.5) is 0 Å². The Labute approximate surface area is 119 Å². The molecule has 3 heteroatoms. The average Bonchev–Trinajstić information content (AvgIpc) is 2.77. The van der Waals surface area contributed by atoms with Crippen LogP contribution in [0.15, 0.2) is 48.7 Å². The molecule has 0 amide bonds. The summed E-state index contributed by atoms with van der Waals surface area (Å²) in [6.07, 6.45) is 2.11. The zero-order chi connectivity index (χ0) is 14.1. The summed E-state index contributed by atoms with van der Waals surface area (Å²) in [7, 11) is 4.17. The molecule has 3 rings (SSSR count). The molecule has 3 aromatic rings. The fourth-order valence-electron chi connectivity index (χ4n) is 2.48. The molecular formula is C17H19N3. The lowest BCUT2D eigenvalue weighted by Crippen LogP contribution is -2.13. The molecule has 0 N–H and O–H groups in total. The van der Waals surface area contributed by atoms with Crippen molar-refractivity contribution in [2.24, 2.45) is 0 Å². The van der Waals surface area contributed by atoms with Gasteiger partial charge in [-0.2, -0.15) is 0 Å². The summed E-state index contributed by atoms with van der Waals surface area (Å²) in [5.41, 5.74) is 5.73. The van der Waals surface area contributed by atoms with E-state index in [9.17, 15) is 0 Å². The molecular weight excluding hydrogens is 246 g/mol. The van der Waals surface area contributed by atoms with Gasteiger partial charge in [0.15, 0.2) is 0 Å². The summed E-state index contributed by atoms with van der Waals surface area (Å²) in [5, 5.41) is 0. The molecule has 0 bridgehead atoms. The van der Waals surface area contributed by atoms with Crippen LogP contribution in [0.2, 0.25) is 0 Å². The lowest BCUT2D eigenvalue weighted by Gasteiger charge is -2.11. The van der Waals surface area contributed by atoms with Crippen LogP contribution in [0.1, 0.15) is 11.3 Å². The predicted molar refractivity (Wildman–Crippen MR) is 82.8 cm³/mol. The van der Waals surface area contributed by atoms with Crippen molar-refractivity contribution >= 4 is 5.65 Å². The van der Waals surface area contributed by atoms with Gasteiger partial charge in [-0.1, -0.05) is 30.3 Å². The van der Waals surface area contributed by atoms with Crippen LogP contribution in [0.3, 0.4) is 0 Å². The first-order valence-electron chi connectivity index (χ1n) is 6.83. The van der Waals surface area contributed by atoms with Crippen molar-refractivity contribution in [2.75, 3.05) is 14.1 Å². The van der Waals surface area contributed by atoms with Crippen molar-refractivity contribution in [3.8, 4) is 11.3 Å². The number of aromatic nitrogens is 2. The first kappa shape index (κ1) is 12.9. The van der Waals surface area contributed by atoms with E-state index in [2.05, 4.69) is 72.9 Å². The molecule has 0 saturated carbocycles. The smallest absolute Gasteiger partial charge is 0.137 e. The number of benzene rings is 1. The summed E-state index contributed by atoms with van der Waals surface area (Å²) >= 11 is 0. The van der Waals surface area contributed by atoms with Gasteiger partial charge in [-0.3, -0.25) is 0 Å². The number of hydrogen-bond acceptors (Lipinski definition) is 2. The number of fused-ring (bicyclic) bond motifs is 1. The number of imidazole rings is 1. The van der Waals surface area contributed by atoms with Crippen molar-refractivity contribution in [3.63, 3.8) is 0 Å². The SMILES string of the molecule is Cc1ccn2c(CN(C)C)c(-c3ccccc3)nc2c1. The maximum atomic E-state index is 4.83. The second-order valence-corrected chi connectivity index (χ2v) is 5.44. The quantitative estimate of drug-likeness (QED) is 0.723. The van der Waals surface area contributed by atoms with E-state index in [1.54, 1.807) is 0 Å². The lowest BCUT2D eigenvalue weighted by molar-refractivity contribution is 0.396. The molecule has 0 aliphatic carbocycles. The molecule has 2 aromatic heterocycles. The van der Waals surface area contributed by atoms with Crippen LogP contribution < -0.4 is 0 Å². The summed E-state index contributed by atoms with van der Waals surface area (Å²) in [6, 6.07) is 14.7. The van der Waals surface area contributed by atoms with Gasteiger partial charge in [0.25, 0.3) is 0 Å². The van der Waals surface area contributed by atoms with Gasteiger partial charge in [-0.15, -0.1) is 0 Å². The van der Waals surface area contributed by atoms with E-state index in [1.165, 1.54) is 16.8 Å². The van der Waals surface area contributed by atoms with Gasteiger partial charge in [0.1, 0.15) is 5.65 Å². The largest absolute Gasteiger partial charge is 0.304 e. The Hall–Kier alpha value is -2.13. The molecule has 0 saturated heterocycles. The van der Waals surface area contributed by atoms with Crippen LogP contribution in [0, 0.1) is 6.92 Å². The number of pyridine rings is 1. The Morgan fingerprint density at radius 1 is 1.10 bits per heavy atom. The van der Waals surface area contributed by atoms with E-state index in [4.69, 9.17) is 4.98 Å². The molecule has 20 heavy (non-hydrogen) atoms. The average molecular weight is 265 g/mol. The third-order valence-corrected chi connectivity index (χ3v) is 3.39. The third kappa shape index (κ3) is 2.32. The van der Waals surface area contributed by atoms with Crippen LogP contribution in [-0.2, 0) is 6.54 Å². The Bertz CT molecular complexity index is 727. The molecule has 102 valence electrons. The predicted octanol–water partition coefficient (Wildman–Crippen LogP) is 3.37. The van der Waals surface area contributed by atoms with E-state index in [0.29, 0.717) is 0 Å². The minimum Gasteiger partial charge on any atom is -0.304 e. The Balaban J connectivity index is 2.24. The lowest BCUT2D eigenvalue weighted by atomic mass is 10.1. The second kappa shape index (κ2) is 5.10. The van der Waals surface area contributed by atoms with Gasteiger partial charge in [0.2, 0.25) is 0 Å². The molecule has 0 aliphatic rings. The molecule has 0 spiro atoms. The molecule has 0 fully saturated rings. The first-order chi connectivity index (χ1) is 9.65.